The number of pyridine rings is 1. The topological polar surface area (TPSA) is 79.4 Å². The fourth-order valence-electron chi connectivity index (χ4n) is 3.44. The largest absolute Gasteiger partial charge is 0.367 e. The molecule has 1 unspecified atom stereocenters. The van der Waals surface area contributed by atoms with Gasteiger partial charge in [-0.25, -0.2) is 13.4 Å². The van der Waals surface area contributed by atoms with E-state index >= 15 is 0 Å². The number of amides is 1. The lowest BCUT2D eigenvalue weighted by atomic mass is 10.1. The van der Waals surface area contributed by atoms with Crippen molar-refractivity contribution in [2.45, 2.75) is 32.9 Å². The molecule has 1 fully saturated rings. The van der Waals surface area contributed by atoms with E-state index in [4.69, 9.17) is 0 Å². The number of aromatic nitrogens is 1. The zero-order valence-electron chi connectivity index (χ0n) is 15.7. The van der Waals surface area contributed by atoms with E-state index < -0.39 is 9.84 Å². The molecule has 0 saturated carbocycles. The molecule has 2 aromatic rings. The maximum Gasteiger partial charge on any atom is 0.270 e. The van der Waals surface area contributed by atoms with Gasteiger partial charge in [-0.1, -0.05) is 24.3 Å². The van der Waals surface area contributed by atoms with E-state index in [1.54, 1.807) is 12.3 Å². The van der Waals surface area contributed by atoms with E-state index in [1.807, 2.05) is 49.1 Å². The summed E-state index contributed by atoms with van der Waals surface area (Å²) in [7, 11) is -2.94. The highest BCUT2D eigenvalue weighted by atomic mass is 32.2. The zero-order valence-corrected chi connectivity index (χ0v) is 16.5. The molecule has 0 bridgehead atoms. The number of aryl methyl sites for hydroxylation is 1. The predicted octanol–water partition coefficient (Wildman–Crippen LogP) is 2.33. The van der Waals surface area contributed by atoms with Crippen LogP contribution in [0.1, 0.15) is 35.0 Å². The molecular weight excluding hydrogens is 362 g/mol. The van der Waals surface area contributed by atoms with Crippen LogP contribution < -0.4 is 10.2 Å². The molecule has 3 rings (SSSR count). The Bertz CT molecular complexity index is 910. The summed E-state index contributed by atoms with van der Waals surface area (Å²) in [6, 6.07) is 11.4. The molecule has 1 amide bonds. The van der Waals surface area contributed by atoms with Crippen LogP contribution in [0.3, 0.4) is 0 Å². The van der Waals surface area contributed by atoms with Crippen molar-refractivity contribution in [2.24, 2.45) is 0 Å². The molecule has 0 radical (unpaired) electrons. The summed E-state index contributed by atoms with van der Waals surface area (Å²) in [4.78, 5) is 18.7. The molecule has 1 aromatic carbocycles. The van der Waals surface area contributed by atoms with Gasteiger partial charge >= 0.3 is 0 Å². The van der Waals surface area contributed by atoms with E-state index in [0.29, 0.717) is 25.2 Å². The monoisotopic (exact) mass is 387 g/mol. The number of sulfone groups is 1. The van der Waals surface area contributed by atoms with E-state index in [-0.39, 0.29) is 23.5 Å². The molecule has 144 valence electrons. The van der Waals surface area contributed by atoms with E-state index in [1.165, 1.54) is 0 Å². The molecule has 6 nitrogen and oxygen atoms in total. The van der Waals surface area contributed by atoms with Gasteiger partial charge in [-0.05, 0) is 43.5 Å². The van der Waals surface area contributed by atoms with Crippen molar-refractivity contribution >= 4 is 21.4 Å². The van der Waals surface area contributed by atoms with Crippen LogP contribution in [0.25, 0.3) is 0 Å². The van der Waals surface area contributed by atoms with Gasteiger partial charge in [0.15, 0.2) is 9.84 Å². The fraction of sp³-hybridized carbons (Fsp3) is 0.400. The van der Waals surface area contributed by atoms with Gasteiger partial charge in [0.25, 0.3) is 5.91 Å². The Morgan fingerprint density at radius 1 is 1.26 bits per heavy atom. The van der Waals surface area contributed by atoms with Crippen LogP contribution in [-0.2, 0) is 16.4 Å². The first-order valence-corrected chi connectivity index (χ1v) is 11.0. The molecule has 1 N–H and O–H groups in total. The van der Waals surface area contributed by atoms with Gasteiger partial charge in [-0.2, -0.15) is 0 Å². The molecule has 1 saturated heterocycles. The van der Waals surface area contributed by atoms with Crippen LogP contribution in [0.4, 0.5) is 5.69 Å². The van der Waals surface area contributed by atoms with Crippen LogP contribution >= 0.6 is 0 Å². The van der Waals surface area contributed by atoms with Crippen LogP contribution in [0.15, 0.2) is 42.6 Å². The molecule has 1 aromatic heterocycles. The standard InChI is InChI=1S/C20H25N3O3S/c1-3-23(18-10-11-27(25,26)14-18)17-8-9-19(21-13-17)20(24)22-12-16-7-5-4-6-15(16)2/h4-9,13,18H,3,10-12,14H2,1-2H3,(H,22,24). The zero-order chi connectivity index (χ0) is 19.4. The minimum atomic E-state index is -2.94. The third kappa shape index (κ3) is 4.66. The van der Waals surface area contributed by atoms with Crippen molar-refractivity contribution < 1.29 is 13.2 Å². The number of benzene rings is 1. The van der Waals surface area contributed by atoms with Crippen LogP contribution in [0.2, 0.25) is 0 Å². The second kappa shape index (κ2) is 8.08. The number of anilines is 1. The van der Waals surface area contributed by atoms with Crippen molar-refractivity contribution in [3.05, 3.63) is 59.4 Å². The summed E-state index contributed by atoms with van der Waals surface area (Å²) in [5.74, 6) is 0.192. The third-order valence-corrected chi connectivity index (χ3v) is 6.75. The van der Waals surface area contributed by atoms with Gasteiger partial charge in [-0.15, -0.1) is 0 Å². The minimum Gasteiger partial charge on any atom is -0.367 e. The number of hydrogen-bond acceptors (Lipinski definition) is 5. The molecule has 2 heterocycles. The Labute approximate surface area is 160 Å². The maximum absolute atomic E-state index is 12.4. The quantitative estimate of drug-likeness (QED) is 0.823. The highest BCUT2D eigenvalue weighted by Gasteiger charge is 2.32. The lowest BCUT2D eigenvalue weighted by Gasteiger charge is -2.28. The maximum atomic E-state index is 12.4. The lowest BCUT2D eigenvalue weighted by Crippen LogP contribution is -2.36. The van der Waals surface area contributed by atoms with Gasteiger partial charge < -0.3 is 10.2 Å². The Balaban J connectivity index is 1.65. The first kappa shape index (κ1) is 19.4. The SMILES string of the molecule is CCN(c1ccc(C(=O)NCc2ccccc2C)nc1)C1CCS(=O)(=O)C1. The fourth-order valence-corrected chi connectivity index (χ4v) is 5.17. The smallest absolute Gasteiger partial charge is 0.270 e. The molecule has 0 aliphatic carbocycles. The summed E-state index contributed by atoms with van der Waals surface area (Å²) in [5.41, 5.74) is 3.39. The molecule has 1 atom stereocenters. The van der Waals surface area contributed by atoms with E-state index in [2.05, 4.69) is 10.3 Å². The third-order valence-electron chi connectivity index (χ3n) is 5.00. The Hall–Kier alpha value is -2.41. The van der Waals surface area contributed by atoms with Crippen molar-refractivity contribution in [3.63, 3.8) is 0 Å². The number of carbonyl (C=O) groups is 1. The summed E-state index contributed by atoms with van der Waals surface area (Å²) in [6.45, 7) is 5.15. The van der Waals surface area contributed by atoms with Crippen LogP contribution in [0.5, 0.6) is 0 Å². The number of hydrogen-bond donors (Lipinski definition) is 1. The number of nitrogens with zero attached hydrogens (tertiary/aromatic N) is 2. The van der Waals surface area contributed by atoms with Crippen molar-refractivity contribution in [1.82, 2.24) is 10.3 Å². The van der Waals surface area contributed by atoms with Gasteiger partial charge in [0, 0.05) is 19.1 Å². The average Bonchev–Trinajstić information content (AvgIpc) is 3.01. The second-order valence-electron chi connectivity index (χ2n) is 6.85. The highest BCUT2D eigenvalue weighted by molar-refractivity contribution is 7.91. The van der Waals surface area contributed by atoms with Gasteiger partial charge in [0.2, 0.25) is 0 Å². The Kier molecular flexibility index (Phi) is 5.79. The van der Waals surface area contributed by atoms with E-state index in [9.17, 15) is 13.2 Å². The van der Waals surface area contributed by atoms with Crippen LogP contribution in [0, 0.1) is 6.92 Å². The highest BCUT2D eigenvalue weighted by Crippen LogP contribution is 2.23. The first-order chi connectivity index (χ1) is 12.9. The summed E-state index contributed by atoms with van der Waals surface area (Å²) in [6.07, 6.45) is 2.28. The molecule has 7 heteroatoms. The first-order valence-electron chi connectivity index (χ1n) is 9.15. The molecule has 1 aliphatic rings. The molecular formula is C20H25N3O3S. The van der Waals surface area contributed by atoms with Gasteiger partial charge in [0.05, 0.1) is 23.4 Å². The Morgan fingerprint density at radius 2 is 2.04 bits per heavy atom. The average molecular weight is 388 g/mol. The molecule has 27 heavy (non-hydrogen) atoms. The number of carbonyl (C=O) groups excluding carboxylic acids is 1. The van der Waals surface area contributed by atoms with Crippen molar-refractivity contribution in [1.29, 1.82) is 0 Å². The minimum absolute atomic E-state index is 0.0254. The number of nitrogens with one attached hydrogen (secondary N) is 1. The Morgan fingerprint density at radius 3 is 2.63 bits per heavy atom. The van der Waals surface area contributed by atoms with Crippen molar-refractivity contribution in [3.8, 4) is 0 Å². The normalized spacial score (nSPS) is 18.2. The van der Waals surface area contributed by atoms with Gasteiger partial charge in [0.1, 0.15) is 5.69 Å². The predicted molar refractivity (Wildman–Crippen MR) is 107 cm³/mol. The number of rotatable bonds is 6. The summed E-state index contributed by atoms with van der Waals surface area (Å²) < 4.78 is 23.5. The molecule has 1 aliphatic heterocycles. The second-order valence-corrected chi connectivity index (χ2v) is 9.08. The van der Waals surface area contributed by atoms with E-state index in [0.717, 1.165) is 16.8 Å². The summed E-state index contributed by atoms with van der Waals surface area (Å²) >= 11 is 0. The molecule has 0 spiro atoms. The lowest BCUT2D eigenvalue weighted by molar-refractivity contribution is 0.0946. The summed E-state index contributed by atoms with van der Waals surface area (Å²) in [5, 5.41) is 2.89. The van der Waals surface area contributed by atoms with Crippen LogP contribution in [-0.4, -0.2) is 43.4 Å². The van der Waals surface area contributed by atoms with Gasteiger partial charge in [-0.3, -0.25) is 4.79 Å². The van der Waals surface area contributed by atoms with Crippen molar-refractivity contribution in [2.75, 3.05) is 23.0 Å².